The second-order valence-corrected chi connectivity index (χ2v) is 4.90. The van der Waals surface area contributed by atoms with Gasteiger partial charge in [-0.15, -0.1) is 0 Å². The van der Waals surface area contributed by atoms with E-state index in [4.69, 9.17) is 4.74 Å². The highest BCUT2D eigenvalue weighted by atomic mass is 79.9. The van der Waals surface area contributed by atoms with Crippen LogP contribution in [-0.4, -0.2) is 22.5 Å². The largest absolute Gasteiger partial charge is 0.480 e. The Morgan fingerprint density at radius 3 is 3.05 bits per heavy atom. The van der Waals surface area contributed by atoms with Gasteiger partial charge in [0, 0.05) is 12.4 Å². The van der Waals surface area contributed by atoms with E-state index in [0.717, 1.165) is 5.56 Å². The fraction of sp³-hybridized carbons (Fsp3) is 0.154. The monoisotopic (exact) mass is 319 g/mol. The highest BCUT2D eigenvalue weighted by molar-refractivity contribution is 9.10. The molecule has 0 atom stereocenters. The van der Waals surface area contributed by atoms with Gasteiger partial charge in [0.15, 0.2) is 18.2 Å². The number of fused-ring (bicyclic) bond motifs is 1. The normalized spacial score (nSPS) is 13.9. The third-order valence-electron chi connectivity index (χ3n) is 2.78. The Kier molecular flexibility index (Phi) is 3.16. The van der Waals surface area contributed by atoms with E-state index >= 15 is 0 Å². The van der Waals surface area contributed by atoms with Crippen molar-refractivity contribution in [2.75, 3.05) is 11.5 Å². The lowest BCUT2D eigenvalue weighted by atomic mass is 10.2. The molecule has 0 fully saturated rings. The van der Waals surface area contributed by atoms with E-state index in [0.29, 0.717) is 22.7 Å². The summed E-state index contributed by atoms with van der Waals surface area (Å²) in [6.07, 6.45) is 3.44. The van der Waals surface area contributed by atoms with Crippen LogP contribution in [0.4, 0.5) is 5.82 Å². The van der Waals surface area contributed by atoms with Gasteiger partial charge in [-0.1, -0.05) is 6.07 Å². The van der Waals surface area contributed by atoms with Crippen LogP contribution in [0.5, 0.6) is 5.75 Å². The summed E-state index contributed by atoms with van der Waals surface area (Å²) in [5.41, 5.74) is 0.950. The molecule has 96 valence electrons. The predicted octanol–water partition coefficient (Wildman–Crippen LogP) is 2.16. The summed E-state index contributed by atoms with van der Waals surface area (Å²) in [5.74, 6) is 1.04. The lowest BCUT2D eigenvalue weighted by Gasteiger charge is -2.28. The standard InChI is InChI=1S/C13H10BrN3O2/c14-11-4-3-10-13(16-11)17(12(18)8-19-10)7-9-2-1-5-15-6-9/h1-6H,7-8H2. The zero-order valence-corrected chi connectivity index (χ0v) is 11.5. The number of pyridine rings is 2. The van der Waals surface area contributed by atoms with E-state index in [1.165, 1.54) is 0 Å². The molecule has 2 aromatic heterocycles. The van der Waals surface area contributed by atoms with E-state index in [1.807, 2.05) is 12.1 Å². The Bertz CT molecular complexity index is 619. The first-order chi connectivity index (χ1) is 9.24. The molecule has 19 heavy (non-hydrogen) atoms. The first-order valence-corrected chi connectivity index (χ1v) is 6.52. The van der Waals surface area contributed by atoms with Gasteiger partial charge in [0.05, 0.1) is 6.54 Å². The zero-order valence-electron chi connectivity index (χ0n) is 9.91. The molecule has 0 bridgehead atoms. The molecule has 0 aromatic carbocycles. The highest BCUT2D eigenvalue weighted by Crippen LogP contribution is 2.32. The number of carbonyl (C=O) groups is 1. The number of nitrogens with zero attached hydrogens (tertiary/aromatic N) is 3. The molecule has 0 aliphatic carbocycles. The van der Waals surface area contributed by atoms with Crippen LogP contribution in [0.25, 0.3) is 0 Å². The lowest BCUT2D eigenvalue weighted by Crippen LogP contribution is -2.38. The number of hydrogen-bond acceptors (Lipinski definition) is 4. The van der Waals surface area contributed by atoms with Crippen molar-refractivity contribution >= 4 is 27.7 Å². The molecule has 3 heterocycles. The topological polar surface area (TPSA) is 55.3 Å². The molecule has 5 nitrogen and oxygen atoms in total. The van der Waals surface area contributed by atoms with Gasteiger partial charge in [-0.25, -0.2) is 4.98 Å². The number of halogens is 1. The molecule has 6 heteroatoms. The second-order valence-electron chi connectivity index (χ2n) is 4.09. The Morgan fingerprint density at radius 2 is 2.26 bits per heavy atom. The van der Waals surface area contributed by atoms with Crippen LogP contribution in [-0.2, 0) is 11.3 Å². The minimum Gasteiger partial charge on any atom is -0.480 e. The summed E-state index contributed by atoms with van der Waals surface area (Å²) in [4.78, 5) is 22.0. The molecule has 1 amide bonds. The third kappa shape index (κ3) is 2.44. The van der Waals surface area contributed by atoms with Gasteiger partial charge in [-0.05, 0) is 39.7 Å². The van der Waals surface area contributed by atoms with Gasteiger partial charge in [0.25, 0.3) is 5.91 Å². The molecule has 3 rings (SSSR count). The molecule has 2 aromatic rings. The minimum absolute atomic E-state index is 0.0383. The molecule has 0 N–H and O–H groups in total. The SMILES string of the molecule is O=C1COc2ccc(Br)nc2N1Cc1cccnc1. The first kappa shape index (κ1) is 12.1. The summed E-state index contributed by atoms with van der Waals surface area (Å²) in [5, 5.41) is 0. The highest BCUT2D eigenvalue weighted by Gasteiger charge is 2.27. The number of aromatic nitrogens is 2. The van der Waals surface area contributed by atoms with Crippen LogP contribution in [0, 0.1) is 0 Å². The fourth-order valence-electron chi connectivity index (χ4n) is 1.89. The van der Waals surface area contributed by atoms with Crippen molar-refractivity contribution in [1.82, 2.24) is 9.97 Å². The van der Waals surface area contributed by atoms with Crippen molar-refractivity contribution in [3.63, 3.8) is 0 Å². The third-order valence-corrected chi connectivity index (χ3v) is 3.22. The van der Waals surface area contributed by atoms with E-state index < -0.39 is 0 Å². The number of carbonyl (C=O) groups excluding carboxylic acids is 1. The average molecular weight is 320 g/mol. The van der Waals surface area contributed by atoms with Crippen molar-refractivity contribution in [1.29, 1.82) is 0 Å². The van der Waals surface area contributed by atoms with Crippen LogP contribution in [0.1, 0.15) is 5.56 Å². The maximum Gasteiger partial charge on any atom is 0.266 e. The van der Waals surface area contributed by atoms with Crippen molar-refractivity contribution in [2.45, 2.75) is 6.54 Å². The van der Waals surface area contributed by atoms with Crippen LogP contribution < -0.4 is 9.64 Å². The molecular weight excluding hydrogens is 310 g/mol. The minimum atomic E-state index is -0.109. The van der Waals surface area contributed by atoms with Gasteiger partial charge in [-0.2, -0.15) is 0 Å². The van der Waals surface area contributed by atoms with Crippen molar-refractivity contribution < 1.29 is 9.53 Å². The maximum atomic E-state index is 12.0. The van der Waals surface area contributed by atoms with Crippen molar-refractivity contribution in [3.8, 4) is 5.75 Å². The second kappa shape index (κ2) is 4.97. The predicted molar refractivity (Wildman–Crippen MR) is 72.9 cm³/mol. The molecule has 1 aliphatic heterocycles. The smallest absolute Gasteiger partial charge is 0.266 e. The zero-order chi connectivity index (χ0) is 13.2. The number of hydrogen-bond donors (Lipinski definition) is 0. The van der Waals surface area contributed by atoms with Crippen LogP contribution in [0.15, 0.2) is 41.3 Å². The molecule has 0 spiro atoms. The molecule has 0 saturated carbocycles. The van der Waals surface area contributed by atoms with Gasteiger partial charge >= 0.3 is 0 Å². The molecule has 0 saturated heterocycles. The Balaban J connectivity index is 1.97. The molecule has 0 radical (unpaired) electrons. The summed E-state index contributed by atoms with van der Waals surface area (Å²) >= 11 is 3.31. The van der Waals surface area contributed by atoms with E-state index in [2.05, 4.69) is 25.9 Å². The Morgan fingerprint density at radius 1 is 1.37 bits per heavy atom. The number of rotatable bonds is 2. The van der Waals surface area contributed by atoms with E-state index in [1.54, 1.807) is 29.4 Å². The summed E-state index contributed by atoms with van der Waals surface area (Å²) < 4.78 is 6.04. The summed E-state index contributed by atoms with van der Waals surface area (Å²) in [6, 6.07) is 7.36. The Labute approximate surface area is 118 Å². The maximum absolute atomic E-state index is 12.0. The number of amides is 1. The first-order valence-electron chi connectivity index (χ1n) is 5.72. The Hall–Kier alpha value is -1.95. The van der Waals surface area contributed by atoms with Crippen LogP contribution >= 0.6 is 15.9 Å². The van der Waals surface area contributed by atoms with Crippen LogP contribution in [0.2, 0.25) is 0 Å². The van der Waals surface area contributed by atoms with Crippen molar-refractivity contribution in [3.05, 3.63) is 46.8 Å². The van der Waals surface area contributed by atoms with Crippen molar-refractivity contribution in [2.24, 2.45) is 0 Å². The summed E-state index contributed by atoms with van der Waals surface area (Å²) in [6.45, 7) is 0.475. The molecule has 0 unspecified atom stereocenters. The van der Waals surface area contributed by atoms with E-state index in [-0.39, 0.29) is 12.5 Å². The lowest BCUT2D eigenvalue weighted by molar-refractivity contribution is -0.121. The fourth-order valence-corrected chi connectivity index (χ4v) is 2.19. The van der Waals surface area contributed by atoms with Gasteiger partial charge in [-0.3, -0.25) is 14.7 Å². The quantitative estimate of drug-likeness (QED) is 0.796. The summed E-state index contributed by atoms with van der Waals surface area (Å²) in [7, 11) is 0. The van der Waals surface area contributed by atoms with Gasteiger partial charge < -0.3 is 4.74 Å². The number of ether oxygens (including phenoxy) is 1. The molecule has 1 aliphatic rings. The van der Waals surface area contributed by atoms with Gasteiger partial charge in [0.1, 0.15) is 4.60 Å². The molecular formula is C13H10BrN3O2. The van der Waals surface area contributed by atoms with Crippen LogP contribution in [0.3, 0.4) is 0 Å². The van der Waals surface area contributed by atoms with Gasteiger partial charge in [0.2, 0.25) is 0 Å². The number of anilines is 1. The van der Waals surface area contributed by atoms with E-state index in [9.17, 15) is 4.79 Å². The average Bonchev–Trinajstić information content (AvgIpc) is 2.43.